The molecule has 3 aromatic rings. The summed E-state index contributed by atoms with van der Waals surface area (Å²) in [6.07, 6.45) is 3.68. The number of ether oxygens (including phenoxy) is 2. The smallest absolute Gasteiger partial charge is 0.261 e. The molecule has 0 spiro atoms. The molecular formula is C24H29FN4O4. The Labute approximate surface area is 191 Å². The number of aromatic nitrogens is 2. The lowest BCUT2D eigenvalue weighted by molar-refractivity contribution is -0.135. The molecule has 8 nitrogen and oxygen atoms in total. The van der Waals surface area contributed by atoms with Crippen molar-refractivity contribution in [1.82, 2.24) is 9.97 Å². The van der Waals surface area contributed by atoms with Gasteiger partial charge in [0, 0.05) is 17.0 Å². The number of halogens is 1. The van der Waals surface area contributed by atoms with E-state index in [2.05, 4.69) is 15.3 Å². The van der Waals surface area contributed by atoms with Gasteiger partial charge in [0.2, 0.25) is 0 Å². The highest BCUT2D eigenvalue weighted by Crippen LogP contribution is 2.39. The number of carbonyl (C=O) groups excluding carboxylic acids is 1. The molecule has 0 aliphatic heterocycles. The van der Waals surface area contributed by atoms with E-state index >= 15 is 0 Å². The molecule has 9 heteroatoms. The predicted molar refractivity (Wildman–Crippen MR) is 125 cm³/mol. The van der Waals surface area contributed by atoms with Crippen LogP contribution in [0.5, 0.6) is 17.2 Å². The maximum atomic E-state index is 14.4. The highest BCUT2D eigenvalue weighted by atomic mass is 19.1. The second-order valence-corrected chi connectivity index (χ2v) is 7.89. The molecule has 0 unspecified atom stereocenters. The molecule has 1 heterocycles. The number of benzene rings is 2. The van der Waals surface area contributed by atoms with Crippen LogP contribution >= 0.6 is 0 Å². The van der Waals surface area contributed by atoms with E-state index in [9.17, 15) is 14.3 Å². The molecule has 4 N–H and O–H groups in total. The fraction of sp³-hybridized carbons (Fsp3) is 0.375. The molecule has 0 radical (unpaired) electrons. The van der Waals surface area contributed by atoms with Gasteiger partial charge in [0.15, 0.2) is 17.1 Å². The SMILES string of the molecule is CCCC(CCC)(Oc1cc2ncnc(Nc3c(F)ccc(O)c3C)c2cc1OC)C(N)=O. The number of fused-ring (bicyclic) bond motifs is 1. The molecule has 1 aromatic heterocycles. The molecule has 0 aliphatic carbocycles. The number of phenols is 1. The Morgan fingerprint density at radius 2 is 1.88 bits per heavy atom. The van der Waals surface area contributed by atoms with Crippen LogP contribution in [0.2, 0.25) is 0 Å². The van der Waals surface area contributed by atoms with Gasteiger partial charge < -0.3 is 25.6 Å². The van der Waals surface area contributed by atoms with Crippen molar-refractivity contribution in [2.75, 3.05) is 12.4 Å². The highest BCUT2D eigenvalue weighted by Gasteiger charge is 2.38. The Kier molecular flexibility index (Phi) is 7.20. The summed E-state index contributed by atoms with van der Waals surface area (Å²) in [5.74, 6) is -0.107. The monoisotopic (exact) mass is 456 g/mol. The van der Waals surface area contributed by atoms with Gasteiger partial charge >= 0.3 is 0 Å². The van der Waals surface area contributed by atoms with Gasteiger partial charge in [-0.2, -0.15) is 0 Å². The lowest BCUT2D eigenvalue weighted by Gasteiger charge is -2.31. The third-order valence-corrected chi connectivity index (χ3v) is 5.61. The summed E-state index contributed by atoms with van der Waals surface area (Å²) in [5.41, 5.74) is 5.53. The van der Waals surface area contributed by atoms with Crippen LogP contribution in [-0.4, -0.2) is 33.7 Å². The quantitative estimate of drug-likeness (QED) is 0.403. The van der Waals surface area contributed by atoms with Gasteiger partial charge in [-0.25, -0.2) is 14.4 Å². The lowest BCUT2D eigenvalue weighted by Crippen LogP contribution is -2.49. The number of carbonyl (C=O) groups is 1. The molecule has 0 aliphatic rings. The summed E-state index contributed by atoms with van der Waals surface area (Å²) >= 11 is 0. The van der Waals surface area contributed by atoms with Gasteiger partial charge in [-0.15, -0.1) is 0 Å². The molecule has 0 atom stereocenters. The summed E-state index contributed by atoms with van der Waals surface area (Å²) < 4.78 is 26.2. The number of methoxy groups -OCH3 is 1. The number of nitrogens with zero attached hydrogens (tertiary/aromatic N) is 2. The maximum absolute atomic E-state index is 14.4. The van der Waals surface area contributed by atoms with Crippen LogP contribution in [0.25, 0.3) is 10.9 Å². The molecule has 3 rings (SSSR count). The number of aromatic hydroxyl groups is 1. The van der Waals surface area contributed by atoms with Crippen molar-refractivity contribution >= 4 is 28.3 Å². The first kappa shape index (κ1) is 24.0. The zero-order valence-electron chi connectivity index (χ0n) is 19.2. The lowest BCUT2D eigenvalue weighted by atomic mass is 9.91. The fourth-order valence-electron chi connectivity index (χ4n) is 3.88. The van der Waals surface area contributed by atoms with E-state index in [1.165, 1.54) is 25.6 Å². The van der Waals surface area contributed by atoms with Crippen molar-refractivity contribution in [3.8, 4) is 17.2 Å². The number of primary amides is 1. The number of rotatable bonds is 10. The zero-order valence-corrected chi connectivity index (χ0v) is 19.2. The maximum Gasteiger partial charge on any atom is 0.261 e. The Morgan fingerprint density at radius 3 is 2.48 bits per heavy atom. The number of nitrogens with one attached hydrogen (secondary N) is 1. The summed E-state index contributed by atoms with van der Waals surface area (Å²) in [4.78, 5) is 20.9. The van der Waals surface area contributed by atoms with Crippen molar-refractivity contribution in [2.24, 2.45) is 5.73 Å². The molecule has 176 valence electrons. The minimum atomic E-state index is -1.17. The van der Waals surface area contributed by atoms with Crippen LogP contribution in [0, 0.1) is 12.7 Å². The van der Waals surface area contributed by atoms with Crippen LogP contribution in [0.1, 0.15) is 45.1 Å². The molecule has 2 aromatic carbocycles. The first-order chi connectivity index (χ1) is 15.8. The Hall–Kier alpha value is -3.62. The van der Waals surface area contributed by atoms with E-state index in [1.54, 1.807) is 19.1 Å². The van der Waals surface area contributed by atoms with Gasteiger partial charge in [0.1, 0.15) is 23.7 Å². The van der Waals surface area contributed by atoms with Crippen LogP contribution < -0.4 is 20.5 Å². The number of amides is 1. The van der Waals surface area contributed by atoms with Crippen LogP contribution in [0.15, 0.2) is 30.6 Å². The average Bonchev–Trinajstić information content (AvgIpc) is 2.79. The van der Waals surface area contributed by atoms with Crippen molar-refractivity contribution in [3.05, 3.63) is 42.0 Å². The number of hydrogen-bond acceptors (Lipinski definition) is 7. The second kappa shape index (κ2) is 9.89. The number of nitrogens with two attached hydrogens (primary N) is 1. The molecule has 1 amide bonds. The normalized spacial score (nSPS) is 11.4. The standard InChI is InChI=1S/C24H29FN4O4/c1-5-9-24(10-6-2,23(26)31)33-20-12-17-15(11-19(20)32-4)22(28-13-27-17)29-21-14(3)18(30)8-7-16(21)25/h7-8,11-13,30H,5-6,9-10H2,1-4H3,(H2,26,31)(H,27,28,29). The van der Waals surface area contributed by atoms with Crippen LogP contribution in [-0.2, 0) is 4.79 Å². The van der Waals surface area contributed by atoms with Crippen molar-refractivity contribution in [3.63, 3.8) is 0 Å². The average molecular weight is 457 g/mol. The Balaban J connectivity index is 2.10. The second-order valence-electron chi connectivity index (χ2n) is 7.89. The first-order valence-corrected chi connectivity index (χ1v) is 10.8. The number of phenolic OH excluding ortho intramolecular Hbond substituents is 1. The first-order valence-electron chi connectivity index (χ1n) is 10.8. The highest BCUT2D eigenvalue weighted by molar-refractivity contribution is 5.93. The van der Waals surface area contributed by atoms with Gasteiger partial charge in [-0.1, -0.05) is 26.7 Å². The summed E-state index contributed by atoms with van der Waals surface area (Å²) in [6.45, 7) is 5.52. The fourth-order valence-corrected chi connectivity index (χ4v) is 3.88. The minimum Gasteiger partial charge on any atom is -0.508 e. The van der Waals surface area contributed by atoms with E-state index < -0.39 is 17.3 Å². The van der Waals surface area contributed by atoms with Gasteiger partial charge in [-0.3, -0.25) is 4.79 Å². The summed E-state index contributed by atoms with van der Waals surface area (Å²) in [7, 11) is 1.48. The third kappa shape index (κ3) is 4.76. The van der Waals surface area contributed by atoms with Crippen LogP contribution in [0.3, 0.4) is 0 Å². The molecule has 0 fully saturated rings. The minimum absolute atomic E-state index is 0.0415. The number of anilines is 2. The molecular weight excluding hydrogens is 427 g/mol. The number of hydrogen-bond donors (Lipinski definition) is 3. The molecule has 0 bridgehead atoms. The van der Waals surface area contributed by atoms with Crippen molar-refractivity contribution < 1.29 is 23.8 Å². The molecule has 0 saturated heterocycles. The van der Waals surface area contributed by atoms with Gasteiger partial charge in [0.05, 0.1) is 18.3 Å². The Morgan fingerprint density at radius 1 is 1.18 bits per heavy atom. The van der Waals surface area contributed by atoms with E-state index in [-0.39, 0.29) is 11.4 Å². The summed E-state index contributed by atoms with van der Waals surface area (Å²) in [6, 6.07) is 5.77. The largest absolute Gasteiger partial charge is 0.508 e. The van der Waals surface area contributed by atoms with E-state index in [0.717, 1.165) is 0 Å². The van der Waals surface area contributed by atoms with E-state index in [4.69, 9.17) is 15.2 Å². The van der Waals surface area contributed by atoms with Gasteiger partial charge in [0.25, 0.3) is 5.91 Å². The van der Waals surface area contributed by atoms with Crippen molar-refractivity contribution in [1.29, 1.82) is 0 Å². The molecule has 33 heavy (non-hydrogen) atoms. The molecule has 0 saturated carbocycles. The third-order valence-electron chi connectivity index (χ3n) is 5.61. The summed E-state index contributed by atoms with van der Waals surface area (Å²) in [5, 5.41) is 13.4. The van der Waals surface area contributed by atoms with Crippen LogP contribution in [0.4, 0.5) is 15.9 Å². The van der Waals surface area contributed by atoms with Crippen molar-refractivity contribution in [2.45, 2.75) is 52.1 Å². The topological polar surface area (TPSA) is 120 Å². The zero-order chi connectivity index (χ0) is 24.2. The predicted octanol–water partition coefficient (Wildman–Crippen LogP) is 4.74. The van der Waals surface area contributed by atoms with E-state index in [0.29, 0.717) is 59.5 Å². The Bertz CT molecular complexity index is 1160. The van der Waals surface area contributed by atoms with E-state index in [1.807, 2.05) is 13.8 Å². The van der Waals surface area contributed by atoms with Gasteiger partial charge in [-0.05, 0) is 38.0 Å².